The Bertz CT molecular complexity index is 722. The number of halogens is 1. The molecule has 0 unspecified atom stereocenters. The van der Waals surface area contributed by atoms with Crippen molar-refractivity contribution in [3.8, 4) is 5.75 Å². The van der Waals surface area contributed by atoms with Gasteiger partial charge in [-0.15, -0.1) is 0 Å². The molecule has 2 rings (SSSR count). The summed E-state index contributed by atoms with van der Waals surface area (Å²) in [4.78, 5) is 27.3. The average molecular weight is 348 g/mol. The van der Waals surface area contributed by atoms with Gasteiger partial charge in [0.15, 0.2) is 0 Å². The zero-order chi connectivity index (χ0) is 17.5. The molecule has 2 amide bonds. The number of anilines is 1. The van der Waals surface area contributed by atoms with Crippen LogP contribution in [0.4, 0.5) is 5.69 Å². The fraction of sp³-hybridized carbons (Fsp3) is 0.235. The van der Waals surface area contributed by atoms with E-state index < -0.39 is 0 Å². The van der Waals surface area contributed by atoms with Crippen LogP contribution in [0.3, 0.4) is 0 Å². The highest BCUT2D eigenvalue weighted by Crippen LogP contribution is 2.20. The highest BCUT2D eigenvalue weighted by atomic mass is 35.5. The number of carbonyl (C=O) groups is 2. The van der Waals surface area contributed by atoms with Gasteiger partial charge in [-0.05, 0) is 37.3 Å². The van der Waals surface area contributed by atoms with E-state index in [1.54, 1.807) is 36.7 Å². The lowest BCUT2D eigenvalue weighted by atomic mass is 10.2. The Morgan fingerprint density at radius 2 is 2.12 bits per heavy atom. The summed E-state index contributed by atoms with van der Waals surface area (Å²) in [6.45, 7) is 3.53. The number of rotatable bonds is 6. The standard InChI is InChI=1S/C17H18ClN3O3/c1-11(24-14-4-3-7-19-10-14)9-20-17(23)15-8-13(21-12(2)22)5-6-16(15)18/h3-8,10-11H,9H2,1-2H3,(H,20,23)(H,21,22)/t11-/m0/s1. The van der Waals surface area contributed by atoms with Crippen molar-refractivity contribution in [1.82, 2.24) is 10.3 Å². The number of nitrogens with zero attached hydrogens (tertiary/aromatic N) is 1. The van der Waals surface area contributed by atoms with Crippen LogP contribution in [0.5, 0.6) is 5.75 Å². The molecule has 126 valence electrons. The van der Waals surface area contributed by atoms with Gasteiger partial charge in [0, 0.05) is 18.8 Å². The molecule has 0 fully saturated rings. The second-order valence-corrected chi connectivity index (χ2v) is 5.61. The number of aromatic nitrogens is 1. The molecule has 0 aliphatic heterocycles. The summed E-state index contributed by atoms with van der Waals surface area (Å²) in [6.07, 6.45) is 3.02. The van der Waals surface area contributed by atoms with Crippen molar-refractivity contribution in [2.45, 2.75) is 20.0 Å². The summed E-state index contributed by atoms with van der Waals surface area (Å²) in [7, 11) is 0. The summed E-state index contributed by atoms with van der Waals surface area (Å²) in [5.41, 5.74) is 0.799. The average Bonchev–Trinajstić information content (AvgIpc) is 2.55. The maximum atomic E-state index is 12.3. The van der Waals surface area contributed by atoms with Gasteiger partial charge >= 0.3 is 0 Å². The summed E-state index contributed by atoms with van der Waals surface area (Å²) < 4.78 is 5.64. The molecule has 0 bridgehead atoms. The van der Waals surface area contributed by atoms with Crippen LogP contribution in [-0.2, 0) is 4.79 Å². The first-order chi connectivity index (χ1) is 11.5. The molecule has 0 aliphatic rings. The molecule has 24 heavy (non-hydrogen) atoms. The highest BCUT2D eigenvalue weighted by molar-refractivity contribution is 6.34. The van der Waals surface area contributed by atoms with E-state index in [1.165, 1.54) is 13.0 Å². The second kappa shape index (κ2) is 8.31. The monoisotopic (exact) mass is 347 g/mol. The fourth-order valence-corrected chi connectivity index (χ4v) is 2.21. The van der Waals surface area contributed by atoms with E-state index in [0.29, 0.717) is 23.0 Å². The van der Waals surface area contributed by atoms with Crippen LogP contribution >= 0.6 is 11.6 Å². The number of ether oxygens (including phenoxy) is 1. The minimum Gasteiger partial charge on any atom is -0.487 e. The number of amides is 2. The lowest BCUT2D eigenvalue weighted by molar-refractivity contribution is -0.114. The van der Waals surface area contributed by atoms with Crippen molar-refractivity contribution in [2.24, 2.45) is 0 Å². The Balaban J connectivity index is 1.95. The van der Waals surface area contributed by atoms with Gasteiger partial charge in [0.2, 0.25) is 5.91 Å². The quantitative estimate of drug-likeness (QED) is 0.842. The molecule has 0 aliphatic carbocycles. The van der Waals surface area contributed by atoms with Crippen LogP contribution in [-0.4, -0.2) is 29.4 Å². The van der Waals surface area contributed by atoms with E-state index in [-0.39, 0.29) is 23.5 Å². The predicted molar refractivity (Wildman–Crippen MR) is 92.4 cm³/mol. The molecule has 2 N–H and O–H groups in total. The minimum absolute atomic E-state index is 0.220. The smallest absolute Gasteiger partial charge is 0.253 e. The normalized spacial score (nSPS) is 11.5. The van der Waals surface area contributed by atoms with Gasteiger partial charge in [-0.2, -0.15) is 0 Å². The molecular weight excluding hydrogens is 330 g/mol. The summed E-state index contributed by atoms with van der Waals surface area (Å²) in [5, 5.41) is 5.68. The number of nitrogens with one attached hydrogen (secondary N) is 2. The van der Waals surface area contributed by atoms with Gasteiger partial charge in [0.1, 0.15) is 11.9 Å². The number of hydrogen-bond donors (Lipinski definition) is 2. The van der Waals surface area contributed by atoms with E-state index in [4.69, 9.17) is 16.3 Å². The molecular formula is C17H18ClN3O3. The second-order valence-electron chi connectivity index (χ2n) is 5.20. The van der Waals surface area contributed by atoms with Crippen LogP contribution in [0, 0.1) is 0 Å². The summed E-state index contributed by atoms with van der Waals surface area (Å²) in [5.74, 6) is 0.0703. The summed E-state index contributed by atoms with van der Waals surface area (Å²) in [6, 6.07) is 8.30. The molecule has 1 atom stereocenters. The molecule has 0 saturated heterocycles. The third-order valence-electron chi connectivity index (χ3n) is 3.05. The van der Waals surface area contributed by atoms with Crippen LogP contribution in [0.2, 0.25) is 5.02 Å². The van der Waals surface area contributed by atoms with E-state index in [2.05, 4.69) is 15.6 Å². The Morgan fingerprint density at radius 1 is 1.33 bits per heavy atom. The zero-order valence-electron chi connectivity index (χ0n) is 13.4. The third kappa shape index (κ3) is 5.24. The van der Waals surface area contributed by atoms with Crippen molar-refractivity contribution in [3.05, 3.63) is 53.3 Å². The van der Waals surface area contributed by atoms with Crippen molar-refractivity contribution in [2.75, 3.05) is 11.9 Å². The Kier molecular flexibility index (Phi) is 6.14. The van der Waals surface area contributed by atoms with Crippen molar-refractivity contribution >= 4 is 29.1 Å². The maximum Gasteiger partial charge on any atom is 0.253 e. The van der Waals surface area contributed by atoms with Crippen molar-refractivity contribution in [1.29, 1.82) is 0 Å². The molecule has 0 radical (unpaired) electrons. The molecule has 1 heterocycles. The van der Waals surface area contributed by atoms with E-state index >= 15 is 0 Å². The Morgan fingerprint density at radius 3 is 2.79 bits per heavy atom. The van der Waals surface area contributed by atoms with Gasteiger partial charge in [0.05, 0.1) is 23.3 Å². The highest BCUT2D eigenvalue weighted by Gasteiger charge is 2.13. The predicted octanol–water partition coefficient (Wildman–Crippen LogP) is 2.89. The first-order valence-corrected chi connectivity index (χ1v) is 7.75. The lowest BCUT2D eigenvalue weighted by Crippen LogP contribution is -2.33. The van der Waals surface area contributed by atoms with Crippen LogP contribution < -0.4 is 15.4 Å². The number of pyridine rings is 1. The molecule has 1 aromatic heterocycles. The SMILES string of the molecule is CC(=O)Nc1ccc(Cl)c(C(=O)NC[C@H](C)Oc2cccnc2)c1. The molecule has 1 aromatic carbocycles. The molecule has 0 spiro atoms. The molecule has 2 aromatic rings. The molecule has 0 saturated carbocycles. The van der Waals surface area contributed by atoms with Crippen LogP contribution in [0.25, 0.3) is 0 Å². The van der Waals surface area contributed by atoms with Gasteiger partial charge in [-0.25, -0.2) is 0 Å². The molecule has 7 heteroatoms. The van der Waals surface area contributed by atoms with E-state index in [9.17, 15) is 9.59 Å². The van der Waals surface area contributed by atoms with Gasteiger partial charge < -0.3 is 15.4 Å². The first-order valence-electron chi connectivity index (χ1n) is 7.37. The van der Waals surface area contributed by atoms with Gasteiger partial charge in [-0.3, -0.25) is 14.6 Å². The summed E-state index contributed by atoms with van der Waals surface area (Å²) >= 11 is 6.06. The molecule has 6 nitrogen and oxygen atoms in total. The topological polar surface area (TPSA) is 80.3 Å². The number of carbonyl (C=O) groups excluding carboxylic acids is 2. The first kappa shape index (κ1) is 17.7. The minimum atomic E-state index is -0.339. The fourth-order valence-electron chi connectivity index (χ4n) is 2.00. The van der Waals surface area contributed by atoms with Crippen molar-refractivity contribution < 1.29 is 14.3 Å². The Labute approximate surface area is 145 Å². The number of benzene rings is 1. The van der Waals surface area contributed by atoms with Crippen molar-refractivity contribution in [3.63, 3.8) is 0 Å². The number of hydrogen-bond acceptors (Lipinski definition) is 4. The largest absolute Gasteiger partial charge is 0.487 e. The lowest BCUT2D eigenvalue weighted by Gasteiger charge is -2.15. The third-order valence-corrected chi connectivity index (χ3v) is 3.38. The van der Waals surface area contributed by atoms with Gasteiger partial charge in [0.25, 0.3) is 5.91 Å². The van der Waals surface area contributed by atoms with Gasteiger partial charge in [-0.1, -0.05) is 11.6 Å². The van der Waals surface area contributed by atoms with Crippen LogP contribution in [0.1, 0.15) is 24.2 Å². The van der Waals surface area contributed by atoms with Crippen LogP contribution in [0.15, 0.2) is 42.7 Å². The zero-order valence-corrected chi connectivity index (χ0v) is 14.1. The maximum absolute atomic E-state index is 12.3. The van der Waals surface area contributed by atoms with E-state index in [1.807, 2.05) is 6.92 Å². The Hall–Kier alpha value is -2.60. The van der Waals surface area contributed by atoms with E-state index in [0.717, 1.165) is 0 Å².